The Kier molecular flexibility index (Phi) is 3.81. The Hall–Kier alpha value is -0.610. The van der Waals surface area contributed by atoms with Gasteiger partial charge in [-0.3, -0.25) is 4.79 Å². The lowest BCUT2D eigenvalue weighted by atomic mass is 9.92. The molecule has 3 rings (SSSR count). The van der Waals surface area contributed by atoms with Crippen LogP contribution in [0.3, 0.4) is 0 Å². The van der Waals surface area contributed by atoms with Crippen molar-refractivity contribution in [3.63, 3.8) is 0 Å². The van der Waals surface area contributed by atoms with Gasteiger partial charge in [0.2, 0.25) is 5.91 Å². The molecular formula is C15H27N3O. The molecule has 3 unspecified atom stereocenters. The summed E-state index contributed by atoms with van der Waals surface area (Å²) in [4.78, 5) is 17.1. The second kappa shape index (κ2) is 5.41. The molecule has 1 saturated carbocycles. The maximum absolute atomic E-state index is 12.7. The van der Waals surface area contributed by atoms with Crippen LogP contribution in [0.4, 0.5) is 0 Å². The fourth-order valence-electron chi connectivity index (χ4n) is 4.26. The van der Waals surface area contributed by atoms with Gasteiger partial charge in [0.25, 0.3) is 0 Å². The summed E-state index contributed by atoms with van der Waals surface area (Å²) in [7, 11) is 4.29. The van der Waals surface area contributed by atoms with Crippen molar-refractivity contribution in [3.05, 3.63) is 0 Å². The Bertz CT molecular complexity index is 336. The van der Waals surface area contributed by atoms with E-state index in [4.69, 9.17) is 0 Å². The average molecular weight is 265 g/mol. The molecule has 4 heteroatoms. The van der Waals surface area contributed by atoms with E-state index in [1.807, 2.05) is 0 Å². The van der Waals surface area contributed by atoms with Gasteiger partial charge >= 0.3 is 0 Å². The summed E-state index contributed by atoms with van der Waals surface area (Å²) in [5.74, 6) is 1.78. The van der Waals surface area contributed by atoms with Gasteiger partial charge in [-0.2, -0.15) is 0 Å². The minimum atomic E-state index is 0.128. The van der Waals surface area contributed by atoms with Crippen molar-refractivity contribution >= 4 is 5.91 Å². The SMILES string of the molecule is CN(C)C1CCN(C(=O)C2NCC3CCCC32)CC1. The molecule has 3 fully saturated rings. The lowest BCUT2D eigenvalue weighted by Gasteiger charge is -2.37. The van der Waals surface area contributed by atoms with Gasteiger partial charge in [0.15, 0.2) is 0 Å². The van der Waals surface area contributed by atoms with Crippen molar-refractivity contribution in [1.82, 2.24) is 15.1 Å². The number of fused-ring (bicyclic) bond motifs is 1. The van der Waals surface area contributed by atoms with Crippen LogP contribution in [0.5, 0.6) is 0 Å². The first-order valence-corrected chi connectivity index (χ1v) is 7.85. The van der Waals surface area contributed by atoms with E-state index in [-0.39, 0.29) is 6.04 Å². The molecule has 2 saturated heterocycles. The third-order valence-electron chi connectivity index (χ3n) is 5.52. The molecule has 0 aromatic heterocycles. The summed E-state index contributed by atoms with van der Waals surface area (Å²) in [6.45, 7) is 2.95. The molecule has 1 amide bonds. The van der Waals surface area contributed by atoms with Crippen LogP contribution in [0.2, 0.25) is 0 Å². The van der Waals surface area contributed by atoms with Gasteiger partial charge in [0.05, 0.1) is 6.04 Å². The minimum Gasteiger partial charge on any atom is -0.341 e. The lowest BCUT2D eigenvalue weighted by molar-refractivity contribution is -0.135. The molecule has 1 aliphatic carbocycles. The molecular weight excluding hydrogens is 238 g/mol. The van der Waals surface area contributed by atoms with Crippen molar-refractivity contribution in [2.45, 2.75) is 44.2 Å². The molecule has 0 bridgehead atoms. The number of nitrogens with one attached hydrogen (secondary N) is 1. The molecule has 0 spiro atoms. The Morgan fingerprint density at radius 1 is 1.16 bits per heavy atom. The summed E-state index contributed by atoms with van der Waals surface area (Å²) >= 11 is 0. The summed E-state index contributed by atoms with van der Waals surface area (Å²) in [6, 6.07) is 0.781. The van der Waals surface area contributed by atoms with Gasteiger partial charge in [-0.15, -0.1) is 0 Å². The van der Waals surface area contributed by atoms with E-state index in [1.54, 1.807) is 0 Å². The van der Waals surface area contributed by atoms with Gasteiger partial charge in [-0.25, -0.2) is 0 Å². The zero-order valence-corrected chi connectivity index (χ0v) is 12.3. The number of nitrogens with zero attached hydrogens (tertiary/aromatic N) is 2. The number of amides is 1. The predicted molar refractivity (Wildman–Crippen MR) is 75.9 cm³/mol. The number of piperidine rings is 1. The zero-order chi connectivity index (χ0) is 13.4. The average Bonchev–Trinajstić information content (AvgIpc) is 3.00. The monoisotopic (exact) mass is 265 g/mol. The second-order valence-electron chi connectivity index (χ2n) is 6.76. The topological polar surface area (TPSA) is 35.6 Å². The summed E-state index contributed by atoms with van der Waals surface area (Å²) < 4.78 is 0. The van der Waals surface area contributed by atoms with E-state index in [0.29, 0.717) is 17.9 Å². The third kappa shape index (κ3) is 2.52. The maximum Gasteiger partial charge on any atom is 0.240 e. The highest BCUT2D eigenvalue weighted by Crippen LogP contribution is 2.38. The Labute approximate surface area is 116 Å². The fraction of sp³-hybridized carbons (Fsp3) is 0.933. The number of carbonyl (C=O) groups is 1. The molecule has 3 atom stereocenters. The van der Waals surface area contributed by atoms with Crippen LogP contribution in [-0.2, 0) is 4.79 Å². The smallest absolute Gasteiger partial charge is 0.240 e. The molecule has 2 heterocycles. The van der Waals surface area contributed by atoms with Crippen LogP contribution in [-0.4, -0.2) is 61.5 Å². The molecule has 0 radical (unpaired) electrons. The fourth-order valence-corrected chi connectivity index (χ4v) is 4.26. The summed E-state index contributed by atoms with van der Waals surface area (Å²) in [6.07, 6.45) is 6.15. The second-order valence-corrected chi connectivity index (χ2v) is 6.76. The number of rotatable bonds is 2. The van der Waals surface area contributed by atoms with Crippen molar-refractivity contribution in [2.75, 3.05) is 33.7 Å². The Balaban J connectivity index is 1.57. The van der Waals surface area contributed by atoms with Gasteiger partial charge in [-0.05, 0) is 58.2 Å². The van der Waals surface area contributed by atoms with E-state index in [0.717, 1.165) is 38.4 Å². The first-order valence-electron chi connectivity index (χ1n) is 7.85. The molecule has 4 nitrogen and oxygen atoms in total. The molecule has 3 aliphatic rings. The molecule has 19 heavy (non-hydrogen) atoms. The highest BCUT2D eigenvalue weighted by molar-refractivity contribution is 5.82. The van der Waals surface area contributed by atoms with Gasteiger partial charge in [0, 0.05) is 19.1 Å². The highest BCUT2D eigenvalue weighted by Gasteiger charge is 2.44. The standard InChI is InChI=1S/C15H27N3O/c1-17(2)12-6-8-18(9-7-12)15(19)14-13-5-3-4-11(13)10-16-14/h11-14,16H,3-10H2,1-2H3. The third-order valence-corrected chi connectivity index (χ3v) is 5.52. The number of hydrogen-bond acceptors (Lipinski definition) is 3. The largest absolute Gasteiger partial charge is 0.341 e. The van der Waals surface area contributed by atoms with Crippen LogP contribution in [0.1, 0.15) is 32.1 Å². The predicted octanol–water partition coefficient (Wildman–Crippen LogP) is 0.927. The summed E-state index contributed by atoms with van der Waals surface area (Å²) in [5.41, 5.74) is 0. The molecule has 0 aromatic rings. The first kappa shape index (κ1) is 13.4. The van der Waals surface area contributed by atoms with Crippen molar-refractivity contribution in [2.24, 2.45) is 11.8 Å². The van der Waals surface area contributed by atoms with Crippen LogP contribution in [0.25, 0.3) is 0 Å². The van der Waals surface area contributed by atoms with Crippen molar-refractivity contribution in [3.8, 4) is 0 Å². The zero-order valence-electron chi connectivity index (χ0n) is 12.3. The van der Waals surface area contributed by atoms with Crippen molar-refractivity contribution in [1.29, 1.82) is 0 Å². The van der Waals surface area contributed by atoms with Gasteiger partial charge < -0.3 is 15.1 Å². The maximum atomic E-state index is 12.7. The normalized spacial score (nSPS) is 35.9. The molecule has 2 aliphatic heterocycles. The van der Waals surface area contributed by atoms with E-state index in [9.17, 15) is 4.79 Å². The number of hydrogen-bond donors (Lipinski definition) is 1. The first-order chi connectivity index (χ1) is 9.16. The quantitative estimate of drug-likeness (QED) is 0.807. The Morgan fingerprint density at radius 3 is 2.58 bits per heavy atom. The Morgan fingerprint density at radius 2 is 1.89 bits per heavy atom. The van der Waals surface area contributed by atoms with Crippen molar-refractivity contribution < 1.29 is 4.79 Å². The van der Waals surface area contributed by atoms with Gasteiger partial charge in [-0.1, -0.05) is 6.42 Å². The van der Waals surface area contributed by atoms with Gasteiger partial charge in [0.1, 0.15) is 0 Å². The van der Waals surface area contributed by atoms with E-state index < -0.39 is 0 Å². The van der Waals surface area contributed by atoms with E-state index >= 15 is 0 Å². The number of carbonyl (C=O) groups excluding carboxylic acids is 1. The van der Waals surface area contributed by atoms with Crippen LogP contribution in [0, 0.1) is 11.8 Å². The van der Waals surface area contributed by atoms with Crippen LogP contribution < -0.4 is 5.32 Å². The van der Waals surface area contributed by atoms with E-state index in [2.05, 4.69) is 29.2 Å². The van der Waals surface area contributed by atoms with E-state index in [1.165, 1.54) is 19.3 Å². The summed E-state index contributed by atoms with van der Waals surface area (Å²) in [5, 5.41) is 3.49. The lowest BCUT2D eigenvalue weighted by Crippen LogP contribution is -2.51. The molecule has 108 valence electrons. The minimum absolute atomic E-state index is 0.128. The van der Waals surface area contributed by atoms with Crippen LogP contribution >= 0.6 is 0 Å². The highest BCUT2D eigenvalue weighted by atomic mass is 16.2. The molecule has 1 N–H and O–H groups in total. The van der Waals surface area contributed by atoms with Crippen LogP contribution in [0.15, 0.2) is 0 Å². The molecule has 0 aromatic carbocycles. The number of likely N-dealkylation sites (tertiary alicyclic amines) is 1.